The lowest BCUT2D eigenvalue weighted by atomic mass is 10.0. The minimum atomic E-state index is -4.86. The molecule has 4 rings (SSSR count). The van der Waals surface area contributed by atoms with Gasteiger partial charge in [-0.25, -0.2) is 4.98 Å². The summed E-state index contributed by atoms with van der Waals surface area (Å²) >= 11 is 0. The van der Waals surface area contributed by atoms with Crippen LogP contribution in [-0.2, 0) is 0 Å². The highest BCUT2D eigenvalue weighted by Crippen LogP contribution is 2.30. The Morgan fingerprint density at radius 3 is 2.53 bits per heavy atom. The van der Waals surface area contributed by atoms with E-state index in [1.807, 2.05) is 13.0 Å². The van der Waals surface area contributed by atoms with Crippen LogP contribution >= 0.6 is 0 Å². The molecule has 0 aliphatic heterocycles. The first-order chi connectivity index (χ1) is 14.2. The number of alkyl halides is 3. The number of fused-ring (bicyclic) bond motifs is 1. The number of hydrogen-bond acceptors (Lipinski definition) is 5. The number of halogens is 3. The van der Waals surface area contributed by atoms with Gasteiger partial charge in [0.05, 0.1) is 22.3 Å². The zero-order valence-electron chi connectivity index (χ0n) is 15.6. The Morgan fingerprint density at radius 2 is 1.83 bits per heavy atom. The Morgan fingerprint density at radius 1 is 1.03 bits per heavy atom. The summed E-state index contributed by atoms with van der Waals surface area (Å²) in [5, 5.41) is 0.357. The van der Waals surface area contributed by atoms with Gasteiger partial charge in [-0.15, -0.1) is 13.2 Å². The van der Waals surface area contributed by atoms with Crippen LogP contribution in [0.2, 0.25) is 0 Å². The molecule has 9 heteroatoms. The summed E-state index contributed by atoms with van der Waals surface area (Å²) in [4.78, 5) is 21.4. The van der Waals surface area contributed by atoms with E-state index in [9.17, 15) is 18.0 Å². The second kappa shape index (κ2) is 7.18. The van der Waals surface area contributed by atoms with E-state index in [1.54, 1.807) is 30.6 Å². The Hall–Kier alpha value is -3.88. The van der Waals surface area contributed by atoms with Crippen molar-refractivity contribution in [3.63, 3.8) is 0 Å². The Balaban J connectivity index is 1.75. The van der Waals surface area contributed by atoms with E-state index < -0.39 is 12.1 Å². The van der Waals surface area contributed by atoms with Crippen molar-refractivity contribution in [2.24, 2.45) is 0 Å². The molecule has 2 N–H and O–H groups in total. The van der Waals surface area contributed by atoms with E-state index in [0.29, 0.717) is 10.9 Å². The second-order valence-electron chi connectivity index (χ2n) is 6.67. The number of nitrogen functional groups attached to an aromatic ring is 1. The molecule has 0 unspecified atom stereocenters. The van der Waals surface area contributed by atoms with Crippen molar-refractivity contribution < 1.29 is 17.9 Å². The maximum absolute atomic E-state index is 12.9. The molecule has 0 aliphatic carbocycles. The number of nitrogens with zero attached hydrogens (tertiary/aromatic N) is 3. The molecule has 2 aromatic heterocycles. The number of ether oxygens (including phenoxy) is 1. The number of benzene rings is 2. The van der Waals surface area contributed by atoms with Gasteiger partial charge in [-0.3, -0.25) is 14.3 Å². The SMILES string of the molecule is Cc1cncc(-c2ccc3c(=O)n(-c4ccc(OC(F)(F)F)c(N)c4)cnc3c2)c1. The van der Waals surface area contributed by atoms with Crippen LogP contribution in [0, 0.1) is 6.92 Å². The topological polar surface area (TPSA) is 83.0 Å². The van der Waals surface area contributed by atoms with Crippen LogP contribution in [-0.4, -0.2) is 20.9 Å². The molecular formula is C21H15F3N4O2. The number of nitrogens with two attached hydrogens (primary N) is 1. The molecule has 6 nitrogen and oxygen atoms in total. The van der Waals surface area contributed by atoms with Gasteiger partial charge in [0.25, 0.3) is 5.56 Å². The van der Waals surface area contributed by atoms with Gasteiger partial charge >= 0.3 is 6.36 Å². The molecule has 4 aromatic rings. The zero-order valence-corrected chi connectivity index (χ0v) is 15.6. The quantitative estimate of drug-likeness (QED) is 0.509. The summed E-state index contributed by atoms with van der Waals surface area (Å²) in [6, 6.07) is 10.8. The van der Waals surface area contributed by atoms with Crippen LogP contribution in [0.15, 0.2) is 66.0 Å². The number of pyridine rings is 1. The predicted octanol–water partition coefficient (Wildman–Crippen LogP) is 4.24. The maximum atomic E-state index is 12.9. The summed E-state index contributed by atoms with van der Waals surface area (Å²) in [5.41, 5.74) is 8.56. The minimum Gasteiger partial charge on any atom is -0.404 e. The first kappa shape index (κ1) is 19.4. The number of rotatable bonds is 3. The highest BCUT2D eigenvalue weighted by molar-refractivity contribution is 5.83. The van der Waals surface area contributed by atoms with Crippen molar-refractivity contribution in [1.29, 1.82) is 0 Å². The number of anilines is 1. The standard InChI is InChI=1S/C21H15F3N4O2/c1-12-6-14(10-26-9-12)13-2-4-16-18(7-13)27-11-28(20(16)29)15-3-5-19(17(25)8-15)30-21(22,23)24/h2-11H,25H2,1H3. The Kier molecular flexibility index (Phi) is 4.65. The first-order valence-electron chi connectivity index (χ1n) is 8.80. The van der Waals surface area contributed by atoms with Gasteiger partial charge in [0.2, 0.25) is 0 Å². The summed E-state index contributed by atoms with van der Waals surface area (Å²) in [6.07, 6.45) is -0.0789. The van der Waals surface area contributed by atoms with Crippen LogP contribution in [0.5, 0.6) is 5.75 Å². The molecule has 0 bridgehead atoms. The first-order valence-corrected chi connectivity index (χ1v) is 8.80. The summed E-state index contributed by atoms with van der Waals surface area (Å²) in [6.45, 7) is 1.94. The van der Waals surface area contributed by atoms with Crippen LogP contribution in [0.3, 0.4) is 0 Å². The van der Waals surface area contributed by atoms with E-state index in [1.165, 1.54) is 23.0 Å². The highest BCUT2D eigenvalue weighted by Gasteiger charge is 2.32. The molecule has 0 fully saturated rings. The molecule has 0 saturated heterocycles. The molecular weight excluding hydrogens is 397 g/mol. The molecule has 2 aromatic carbocycles. The van der Waals surface area contributed by atoms with E-state index in [2.05, 4.69) is 14.7 Å². The monoisotopic (exact) mass is 412 g/mol. The van der Waals surface area contributed by atoms with Crippen molar-refractivity contribution >= 4 is 16.6 Å². The van der Waals surface area contributed by atoms with Crippen molar-refractivity contribution in [1.82, 2.24) is 14.5 Å². The van der Waals surface area contributed by atoms with E-state index in [-0.39, 0.29) is 16.9 Å². The van der Waals surface area contributed by atoms with Gasteiger partial charge < -0.3 is 10.5 Å². The van der Waals surface area contributed by atoms with Crippen molar-refractivity contribution in [3.05, 3.63) is 77.1 Å². The summed E-state index contributed by atoms with van der Waals surface area (Å²) in [5.74, 6) is -0.538. The fraction of sp³-hybridized carbons (Fsp3) is 0.0952. The smallest absolute Gasteiger partial charge is 0.404 e. The number of aromatic nitrogens is 3. The van der Waals surface area contributed by atoms with Crippen LogP contribution in [0.1, 0.15) is 5.56 Å². The average molecular weight is 412 g/mol. The molecule has 0 atom stereocenters. The fourth-order valence-corrected chi connectivity index (χ4v) is 3.10. The third kappa shape index (κ3) is 3.82. The van der Waals surface area contributed by atoms with E-state index >= 15 is 0 Å². The van der Waals surface area contributed by atoms with Gasteiger partial charge in [0.1, 0.15) is 6.33 Å². The van der Waals surface area contributed by atoms with Gasteiger partial charge in [0.15, 0.2) is 5.75 Å². The fourth-order valence-electron chi connectivity index (χ4n) is 3.10. The van der Waals surface area contributed by atoms with Crippen LogP contribution < -0.4 is 16.0 Å². The lowest BCUT2D eigenvalue weighted by molar-refractivity contribution is -0.274. The van der Waals surface area contributed by atoms with Crippen molar-refractivity contribution in [3.8, 4) is 22.6 Å². The van der Waals surface area contributed by atoms with Crippen LogP contribution in [0.4, 0.5) is 18.9 Å². The molecule has 2 heterocycles. The molecule has 0 saturated carbocycles. The molecule has 0 amide bonds. The summed E-state index contributed by atoms with van der Waals surface area (Å²) in [7, 11) is 0. The lowest BCUT2D eigenvalue weighted by Crippen LogP contribution is -2.20. The molecule has 0 spiro atoms. The normalized spacial score (nSPS) is 11.6. The molecule has 0 radical (unpaired) electrons. The predicted molar refractivity (Wildman–Crippen MR) is 106 cm³/mol. The molecule has 152 valence electrons. The van der Waals surface area contributed by atoms with Crippen molar-refractivity contribution in [2.75, 3.05) is 5.73 Å². The van der Waals surface area contributed by atoms with E-state index in [4.69, 9.17) is 5.73 Å². The zero-order chi connectivity index (χ0) is 21.5. The number of hydrogen-bond donors (Lipinski definition) is 1. The van der Waals surface area contributed by atoms with Crippen molar-refractivity contribution in [2.45, 2.75) is 13.3 Å². The largest absolute Gasteiger partial charge is 0.573 e. The Labute approximate surface area is 168 Å². The molecule has 30 heavy (non-hydrogen) atoms. The van der Waals surface area contributed by atoms with Crippen LogP contribution in [0.25, 0.3) is 27.7 Å². The van der Waals surface area contributed by atoms with Gasteiger partial charge in [-0.1, -0.05) is 6.07 Å². The highest BCUT2D eigenvalue weighted by atomic mass is 19.4. The van der Waals surface area contributed by atoms with Gasteiger partial charge in [-0.05, 0) is 54.4 Å². The third-order valence-corrected chi connectivity index (χ3v) is 4.46. The van der Waals surface area contributed by atoms with Gasteiger partial charge in [-0.2, -0.15) is 0 Å². The number of aryl methyl sites for hydroxylation is 1. The second-order valence-corrected chi connectivity index (χ2v) is 6.67. The average Bonchev–Trinajstić information content (AvgIpc) is 2.69. The van der Waals surface area contributed by atoms with E-state index in [0.717, 1.165) is 22.8 Å². The van der Waals surface area contributed by atoms with Gasteiger partial charge in [0, 0.05) is 18.0 Å². The molecule has 0 aliphatic rings. The third-order valence-electron chi connectivity index (χ3n) is 4.46. The Bertz CT molecular complexity index is 1320. The summed E-state index contributed by atoms with van der Waals surface area (Å²) < 4.78 is 42.3. The lowest BCUT2D eigenvalue weighted by Gasteiger charge is -2.13. The maximum Gasteiger partial charge on any atom is 0.573 e. The minimum absolute atomic E-state index is 0.251.